The normalized spacial score (nSPS) is 15.7. The van der Waals surface area contributed by atoms with E-state index in [1.165, 1.54) is 0 Å². The number of fused-ring (bicyclic) bond motifs is 1. The van der Waals surface area contributed by atoms with Crippen LogP contribution in [0.1, 0.15) is 68.9 Å². The van der Waals surface area contributed by atoms with Gasteiger partial charge in [-0.05, 0) is 91.2 Å². The minimum absolute atomic E-state index is 0. The molecule has 27 nitrogen and oxygen atoms in total. The van der Waals surface area contributed by atoms with Crippen LogP contribution in [-0.4, -0.2) is 229 Å². The van der Waals surface area contributed by atoms with Crippen molar-refractivity contribution in [2.45, 2.75) is 94.8 Å². The van der Waals surface area contributed by atoms with Gasteiger partial charge in [-0.1, -0.05) is 61.0 Å². The molecule has 13 N–H and O–H groups in total. The first-order chi connectivity index (χ1) is 39.5. The third-order valence-corrected chi connectivity index (χ3v) is 13.8. The Morgan fingerprint density at radius 2 is 1.06 bits per heavy atom. The van der Waals surface area contributed by atoms with E-state index in [4.69, 9.17) is 17.3 Å². The van der Waals surface area contributed by atoms with E-state index in [-0.39, 0.29) is 140 Å². The van der Waals surface area contributed by atoms with E-state index in [1.54, 1.807) is 31.7 Å². The van der Waals surface area contributed by atoms with E-state index in [2.05, 4.69) is 31.9 Å². The maximum Gasteiger partial charge on any atom is 3.00 e. The minimum atomic E-state index is -1.55. The van der Waals surface area contributed by atoms with Gasteiger partial charge in [-0.25, -0.2) is 14.4 Å². The number of carboxylic acid groups (broad SMARTS) is 7. The second-order valence-electron chi connectivity index (χ2n) is 20.2. The number of nitrogens with one attached hydrogen (secondary N) is 6. The fourth-order valence-electron chi connectivity index (χ4n) is 9.34. The molecule has 1 aliphatic rings. The number of carbonyl (C=O) groups excluding carboxylic acids is 3. The molecule has 0 saturated carbocycles. The third-order valence-electron chi connectivity index (χ3n) is 13.6. The zero-order chi connectivity index (χ0) is 60.8. The van der Waals surface area contributed by atoms with Crippen LogP contribution in [0.5, 0.6) is 0 Å². The molecule has 1 unspecified atom stereocenters. The smallest absolute Gasteiger partial charge is 0.481 e. The summed E-state index contributed by atoms with van der Waals surface area (Å²) in [4.78, 5) is 128. The quantitative estimate of drug-likeness (QED) is 0.0301. The third kappa shape index (κ3) is 28.6. The van der Waals surface area contributed by atoms with Crippen molar-refractivity contribution >= 4 is 93.4 Å². The molecule has 4 atom stereocenters. The minimum Gasteiger partial charge on any atom is -0.481 e. The number of anilines is 1. The molecule has 466 valence electrons. The van der Waals surface area contributed by atoms with Gasteiger partial charge in [-0.15, -0.1) is 0 Å². The Kier molecular flexibility index (Phi) is 32.5. The molecule has 1 fully saturated rings. The van der Waals surface area contributed by atoms with Gasteiger partial charge >= 0.3 is 84.7 Å². The van der Waals surface area contributed by atoms with Gasteiger partial charge in [-0.2, -0.15) is 0 Å². The fraction of sp³-hybridized carbons (Fsp3) is 0.509. The molecule has 0 spiro atoms. The van der Waals surface area contributed by atoms with Crippen molar-refractivity contribution in [3.63, 3.8) is 0 Å². The largest absolute Gasteiger partial charge is 3.00 e. The van der Waals surface area contributed by atoms with Crippen molar-refractivity contribution < 1.29 is 121 Å². The number of hydrogen-bond donors (Lipinski definition) is 13. The Labute approximate surface area is 520 Å². The molecule has 4 amide bonds. The molecule has 0 bridgehead atoms. The molecule has 84 heavy (non-hydrogen) atoms. The average Bonchev–Trinajstić information content (AvgIpc) is 3.53. The summed E-state index contributed by atoms with van der Waals surface area (Å²) in [6.45, 7) is 0.320. The molecular formula is C55H76LuN10O17S+3. The number of unbranched alkanes of at least 4 members (excludes halogenated alkanes) is 3. The van der Waals surface area contributed by atoms with Crippen LogP contribution in [0, 0.1) is 36.9 Å². The van der Waals surface area contributed by atoms with E-state index in [1.807, 2.05) is 54.6 Å². The number of thiocarbonyl (C=S) groups is 1. The van der Waals surface area contributed by atoms with Crippen molar-refractivity contribution in [2.24, 2.45) is 0 Å². The summed E-state index contributed by atoms with van der Waals surface area (Å²) in [5.74, 6) is -9.34. The number of benzene rings is 3. The summed E-state index contributed by atoms with van der Waals surface area (Å²) >= 11 is 5.54. The van der Waals surface area contributed by atoms with E-state index in [0.717, 1.165) is 21.9 Å². The Bertz CT molecular complexity index is 2710. The van der Waals surface area contributed by atoms with Crippen LogP contribution in [0.25, 0.3) is 10.8 Å². The van der Waals surface area contributed by atoms with E-state index < -0.39 is 97.3 Å². The Morgan fingerprint density at radius 3 is 1.65 bits per heavy atom. The maximum atomic E-state index is 13.6. The molecule has 1 saturated heterocycles. The first kappa shape index (κ1) is 71.4. The number of urea groups is 1. The van der Waals surface area contributed by atoms with Crippen molar-refractivity contribution in [1.29, 1.82) is 0 Å². The zero-order valence-corrected chi connectivity index (χ0v) is 48.8. The van der Waals surface area contributed by atoms with Gasteiger partial charge in [0.05, 0.1) is 26.2 Å². The molecule has 29 heteroatoms. The topological polar surface area (TPSA) is 397 Å². The van der Waals surface area contributed by atoms with Crippen molar-refractivity contribution in [3.05, 3.63) is 77.9 Å². The van der Waals surface area contributed by atoms with Gasteiger partial charge in [0.25, 0.3) is 0 Å². The fourth-order valence-corrected chi connectivity index (χ4v) is 9.56. The van der Waals surface area contributed by atoms with E-state index in [9.17, 15) is 78.6 Å². The summed E-state index contributed by atoms with van der Waals surface area (Å²) in [6.07, 6.45) is 1.89. The van der Waals surface area contributed by atoms with Gasteiger partial charge < -0.3 is 67.6 Å². The van der Waals surface area contributed by atoms with Crippen LogP contribution < -0.4 is 31.9 Å². The molecule has 0 aliphatic carbocycles. The summed E-state index contributed by atoms with van der Waals surface area (Å²) in [7, 11) is 0. The van der Waals surface area contributed by atoms with E-state index >= 15 is 0 Å². The second kappa shape index (κ2) is 38.2. The predicted octanol–water partition coefficient (Wildman–Crippen LogP) is 1.24. The molecule has 3 aromatic rings. The standard InChI is InChI=1S/C55H76N10O17S.Lu/c66-45(59-44(30-37-12-15-38-8-3-4-9-39(38)28-37)51(77)56-20-7-5-10-42(52(78)79)60-54(82)61-43(53(80)81)18-19-46(67)68)11-2-1-6-21-57-55(83)58-40-16-13-36(14-17-40)29-41-31-64(34-49(73)74)25-24-62(32-47(69)70)22-23-63(33-48(71)72)26-27-65(41)35-50(75)76;/h3-4,8-9,12-17,28,41-44H,1-2,5-7,10-11,18-27,29-35H2,(H,56,77)(H,59,66)(H,67,68)(H,69,70)(H,71,72)(H,73,74)(H,75,76)(H,78,79)(H,80,81)(H2,57,58,83)(H2,60,61,82);/q;+3/t41?,42-,43-,44-;/m0./s1. The van der Waals surface area contributed by atoms with Crippen LogP contribution in [0.4, 0.5) is 10.5 Å². The first-order valence-corrected chi connectivity index (χ1v) is 27.7. The Hall–Kier alpha value is -6.82. The maximum absolute atomic E-state index is 13.6. The number of carboxylic acids is 7. The molecule has 0 aromatic heterocycles. The van der Waals surface area contributed by atoms with Crippen LogP contribution >= 0.6 is 12.2 Å². The summed E-state index contributed by atoms with van der Waals surface area (Å²) in [5, 5.41) is 85.2. The van der Waals surface area contributed by atoms with Crippen molar-refractivity contribution in [3.8, 4) is 0 Å². The summed E-state index contributed by atoms with van der Waals surface area (Å²) in [5.41, 5.74) is 2.25. The Morgan fingerprint density at radius 1 is 0.524 bits per heavy atom. The summed E-state index contributed by atoms with van der Waals surface area (Å²) in [6, 6.07) is 15.1. The van der Waals surface area contributed by atoms with Crippen LogP contribution in [0.2, 0.25) is 0 Å². The molecule has 1 heterocycles. The van der Waals surface area contributed by atoms with Gasteiger partial charge in [-0.3, -0.25) is 53.2 Å². The predicted molar refractivity (Wildman–Crippen MR) is 306 cm³/mol. The van der Waals surface area contributed by atoms with Gasteiger partial charge in [0, 0.05) is 89.9 Å². The first-order valence-electron chi connectivity index (χ1n) is 27.2. The molecule has 1 aliphatic heterocycles. The van der Waals surface area contributed by atoms with Gasteiger partial charge in [0.1, 0.15) is 18.1 Å². The van der Waals surface area contributed by atoms with Crippen molar-refractivity contribution in [2.75, 3.05) is 90.4 Å². The zero-order valence-electron chi connectivity index (χ0n) is 46.3. The number of rotatable bonds is 33. The van der Waals surface area contributed by atoms with E-state index in [0.29, 0.717) is 49.4 Å². The number of carbonyl (C=O) groups is 10. The molecular weight excluding hydrogens is 1280 g/mol. The monoisotopic (exact) mass is 1360 g/mol. The Balaban J connectivity index is 0.0000185. The summed E-state index contributed by atoms with van der Waals surface area (Å²) < 4.78 is 0. The second-order valence-corrected chi connectivity index (χ2v) is 20.6. The molecule has 0 radical (unpaired) electrons. The van der Waals surface area contributed by atoms with Crippen LogP contribution in [-0.2, 0) is 56.0 Å². The molecule has 4 rings (SSSR count). The van der Waals surface area contributed by atoms with Crippen molar-refractivity contribution in [1.82, 2.24) is 46.2 Å². The SMILES string of the molecule is O=C(O)CC[C@H](NC(=O)N[C@@H](CCCCNC(=O)[C@H](Cc1ccc2ccccc2c1)NC(=O)CCCCCNC(=S)Nc1ccc(CC2CN(CC(=O)O)CCN(CC(=O)O)CCN(CC(=O)O)CCN2CC(=O)O)cc1)C(=O)O)C(=O)O.[Lu+3]. The van der Waals surface area contributed by atoms with Crippen LogP contribution in [0.15, 0.2) is 66.7 Å². The van der Waals surface area contributed by atoms with Crippen LogP contribution in [0.3, 0.4) is 0 Å². The number of nitrogens with zero attached hydrogens (tertiary/aromatic N) is 4. The number of aliphatic carboxylic acids is 7. The number of hydrogen-bond acceptors (Lipinski definition) is 15. The molecule has 3 aromatic carbocycles. The van der Waals surface area contributed by atoms with Gasteiger partial charge in [0.15, 0.2) is 5.11 Å². The average molecular weight is 1360 g/mol. The van der Waals surface area contributed by atoms with Gasteiger partial charge in [0.2, 0.25) is 11.8 Å². The number of amides is 4.